The zero-order chi connectivity index (χ0) is 19.0. The SMILES string of the molecule is COc1cccc(OC)c1C(=O)NCC1(c2c[nH]c3cc(Cl)ccc23)CC1. The van der Waals surface area contributed by atoms with Gasteiger partial charge in [0.1, 0.15) is 17.1 Å². The van der Waals surface area contributed by atoms with Crippen LogP contribution in [0.3, 0.4) is 0 Å². The summed E-state index contributed by atoms with van der Waals surface area (Å²) in [6, 6.07) is 11.2. The van der Waals surface area contributed by atoms with Crippen LogP contribution >= 0.6 is 11.6 Å². The number of nitrogens with one attached hydrogen (secondary N) is 2. The summed E-state index contributed by atoms with van der Waals surface area (Å²) >= 11 is 6.08. The first-order valence-corrected chi connectivity index (χ1v) is 9.22. The van der Waals surface area contributed by atoms with E-state index >= 15 is 0 Å². The lowest BCUT2D eigenvalue weighted by Crippen LogP contribution is -2.32. The number of amides is 1. The van der Waals surface area contributed by atoms with E-state index in [4.69, 9.17) is 21.1 Å². The Labute approximate surface area is 162 Å². The Kier molecular flexibility index (Phi) is 4.48. The van der Waals surface area contributed by atoms with Crippen LogP contribution < -0.4 is 14.8 Å². The predicted molar refractivity (Wildman–Crippen MR) is 106 cm³/mol. The first-order chi connectivity index (χ1) is 13.1. The van der Waals surface area contributed by atoms with E-state index in [9.17, 15) is 4.79 Å². The maximum absolute atomic E-state index is 12.9. The number of benzene rings is 2. The van der Waals surface area contributed by atoms with Gasteiger partial charge in [-0.15, -0.1) is 0 Å². The van der Waals surface area contributed by atoms with E-state index in [0.717, 1.165) is 23.7 Å². The molecule has 3 aromatic rings. The molecule has 1 fully saturated rings. The van der Waals surface area contributed by atoms with Crippen LogP contribution in [0.2, 0.25) is 5.02 Å². The minimum Gasteiger partial charge on any atom is -0.496 e. The molecular formula is C21H21ClN2O3. The average Bonchev–Trinajstić information content (AvgIpc) is 3.36. The first-order valence-electron chi connectivity index (χ1n) is 8.84. The third-order valence-electron chi connectivity index (χ3n) is 5.31. The Bertz CT molecular complexity index is 986. The summed E-state index contributed by atoms with van der Waals surface area (Å²) in [5.74, 6) is 0.801. The number of hydrogen-bond acceptors (Lipinski definition) is 3. The lowest BCUT2D eigenvalue weighted by atomic mass is 9.95. The molecule has 140 valence electrons. The molecule has 0 aliphatic heterocycles. The number of aromatic nitrogens is 1. The lowest BCUT2D eigenvalue weighted by Gasteiger charge is -2.18. The largest absolute Gasteiger partial charge is 0.496 e. The summed E-state index contributed by atoms with van der Waals surface area (Å²) in [5.41, 5.74) is 2.61. The third kappa shape index (κ3) is 3.12. The summed E-state index contributed by atoms with van der Waals surface area (Å²) in [6.45, 7) is 0.558. The van der Waals surface area contributed by atoms with Crippen molar-refractivity contribution in [1.29, 1.82) is 0 Å². The number of H-pyrrole nitrogens is 1. The fourth-order valence-corrected chi connectivity index (χ4v) is 3.81. The zero-order valence-electron chi connectivity index (χ0n) is 15.3. The van der Waals surface area contributed by atoms with E-state index in [-0.39, 0.29) is 11.3 Å². The molecule has 5 nitrogen and oxygen atoms in total. The van der Waals surface area contributed by atoms with Crippen LogP contribution in [0.1, 0.15) is 28.8 Å². The van der Waals surface area contributed by atoms with Gasteiger partial charge >= 0.3 is 0 Å². The molecule has 6 heteroatoms. The molecule has 2 aromatic carbocycles. The molecule has 0 bridgehead atoms. The van der Waals surface area contributed by atoms with Crippen LogP contribution in [0.4, 0.5) is 0 Å². The molecule has 27 heavy (non-hydrogen) atoms. The molecule has 0 unspecified atom stereocenters. The van der Waals surface area contributed by atoms with E-state index in [2.05, 4.69) is 10.3 Å². The second-order valence-electron chi connectivity index (χ2n) is 6.89. The highest BCUT2D eigenvalue weighted by Gasteiger charge is 2.46. The molecule has 2 N–H and O–H groups in total. The van der Waals surface area contributed by atoms with E-state index in [1.165, 1.54) is 5.56 Å². The van der Waals surface area contributed by atoms with Gasteiger partial charge in [0.25, 0.3) is 5.91 Å². The number of rotatable bonds is 6. The van der Waals surface area contributed by atoms with Gasteiger partial charge in [-0.2, -0.15) is 0 Å². The second-order valence-corrected chi connectivity index (χ2v) is 7.33. The molecule has 1 aliphatic rings. The molecule has 1 amide bonds. The van der Waals surface area contributed by atoms with Crippen molar-refractivity contribution in [3.8, 4) is 11.5 Å². The van der Waals surface area contributed by atoms with Crippen LogP contribution in [0.15, 0.2) is 42.6 Å². The van der Waals surface area contributed by atoms with Crippen LogP contribution in [0.5, 0.6) is 11.5 Å². The minimum atomic E-state index is -0.196. The summed E-state index contributed by atoms with van der Waals surface area (Å²) in [5, 5.41) is 4.94. The predicted octanol–water partition coefficient (Wildman–Crippen LogP) is 4.30. The molecule has 1 aliphatic carbocycles. The highest BCUT2D eigenvalue weighted by atomic mass is 35.5. The van der Waals surface area contributed by atoms with Crippen molar-refractivity contribution < 1.29 is 14.3 Å². The van der Waals surface area contributed by atoms with E-state index in [0.29, 0.717) is 28.6 Å². The van der Waals surface area contributed by atoms with Crippen molar-refractivity contribution in [3.63, 3.8) is 0 Å². The van der Waals surface area contributed by atoms with Gasteiger partial charge in [0.2, 0.25) is 0 Å². The number of aromatic amines is 1. The number of carbonyl (C=O) groups is 1. The number of halogens is 1. The number of hydrogen-bond donors (Lipinski definition) is 2. The molecule has 0 atom stereocenters. The van der Waals surface area contributed by atoms with Gasteiger partial charge in [-0.3, -0.25) is 4.79 Å². The molecule has 1 aromatic heterocycles. The third-order valence-corrected chi connectivity index (χ3v) is 5.55. The number of ether oxygens (including phenoxy) is 2. The molecule has 1 heterocycles. The second kappa shape index (κ2) is 6.82. The zero-order valence-corrected chi connectivity index (χ0v) is 16.0. The van der Waals surface area contributed by atoms with Crippen molar-refractivity contribution in [3.05, 3.63) is 58.7 Å². The summed E-state index contributed by atoms with van der Waals surface area (Å²) in [6.07, 6.45) is 4.10. The lowest BCUT2D eigenvalue weighted by molar-refractivity contribution is 0.0943. The van der Waals surface area contributed by atoms with E-state index < -0.39 is 0 Å². The summed E-state index contributed by atoms with van der Waals surface area (Å²) in [4.78, 5) is 16.2. The van der Waals surface area contributed by atoms with Gasteiger partial charge in [-0.25, -0.2) is 0 Å². The highest BCUT2D eigenvalue weighted by molar-refractivity contribution is 6.31. The summed E-state index contributed by atoms with van der Waals surface area (Å²) < 4.78 is 10.7. The smallest absolute Gasteiger partial charge is 0.258 e. The van der Waals surface area contributed by atoms with Crippen molar-refractivity contribution in [1.82, 2.24) is 10.3 Å². The number of fused-ring (bicyclic) bond motifs is 1. The van der Waals surface area contributed by atoms with Crippen molar-refractivity contribution in [2.24, 2.45) is 0 Å². The van der Waals surface area contributed by atoms with Crippen molar-refractivity contribution in [2.45, 2.75) is 18.3 Å². The standard InChI is InChI=1S/C21H21ClN2O3/c1-26-17-4-3-5-18(27-2)19(17)20(25)24-12-21(8-9-21)15-11-23-16-10-13(22)6-7-14(15)16/h3-7,10-11,23H,8-9,12H2,1-2H3,(H,24,25). The molecule has 4 rings (SSSR count). The van der Waals surface area contributed by atoms with Gasteiger partial charge in [-0.05, 0) is 42.7 Å². The Morgan fingerprint density at radius 2 is 1.89 bits per heavy atom. The Hall–Kier alpha value is -2.66. The van der Waals surface area contributed by atoms with Crippen LogP contribution in [0, 0.1) is 0 Å². The Balaban J connectivity index is 1.57. The normalized spacial score (nSPS) is 14.8. The maximum atomic E-state index is 12.9. The monoisotopic (exact) mass is 384 g/mol. The maximum Gasteiger partial charge on any atom is 0.258 e. The molecule has 0 saturated heterocycles. The van der Waals surface area contributed by atoms with Gasteiger partial charge in [0.05, 0.1) is 14.2 Å². The highest BCUT2D eigenvalue weighted by Crippen LogP contribution is 2.50. The molecule has 1 saturated carbocycles. The van der Waals surface area contributed by atoms with Gasteiger partial charge in [-0.1, -0.05) is 23.7 Å². The van der Waals surface area contributed by atoms with Crippen LogP contribution in [-0.2, 0) is 5.41 Å². The number of methoxy groups -OCH3 is 2. The summed E-state index contributed by atoms with van der Waals surface area (Å²) in [7, 11) is 3.09. The fraction of sp³-hybridized carbons (Fsp3) is 0.286. The molecule has 0 spiro atoms. The van der Waals surface area contributed by atoms with E-state index in [1.54, 1.807) is 32.4 Å². The molecular weight excluding hydrogens is 364 g/mol. The van der Waals surface area contributed by atoms with Crippen LogP contribution in [0.25, 0.3) is 10.9 Å². The first kappa shape index (κ1) is 17.7. The fourth-order valence-electron chi connectivity index (χ4n) is 3.64. The molecule has 0 radical (unpaired) electrons. The average molecular weight is 385 g/mol. The van der Waals surface area contributed by atoms with Crippen molar-refractivity contribution >= 4 is 28.4 Å². The Morgan fingerprint density at radius 3 is 2.52 bits per heavy atom. The topological polar surface area (TPSA) is 63.4 Å². The van der Waals surface area contributed by atoms with Crippen LogP contribution in [-0.4, -0.2) is 31.7 Å². The van der Waals surface area contributed by atoms with Gasteiger partial charge < -0.3 is 19.8 Å². The van der Waals surface area contributed by atoms with Gasteiger partial charge in [0, 0.05) is 34.1 Å². The minimum absolute atomic E-state index is 0.0447. The van der Waals surface area contributed by atoms with Crippen molar-refractivity contribution in [2.75, 3.05) is 20.8 Å². The van der Waals surface area contributed by atoms with Gasteiger partial charge in [0.15, 0.2) is 0 Å². The Morgan fingerprint density at radius 1 is 1.19 bits per heavy atom. The quantitative estimate of drug-likeness (QED) is 0.666. The number of carbonyl (C=O) groups excluding carboxylic acids is 1. The van der Waals surface area contributed by atoms with E-state index in [1.807, 2.05) is 24.4 Å².